The summed E-state index contributed by atoms with van der Waals surface area (Å²) in [4.78, 5) is 11.6. The second-order valence-electron chi connectivity index (χ2n) is 4.74. The summed E-state index contributed by atoms with van der Waals surface area (Å²) < 4.78 is 10.8. The monoisotopic (exact) mass is 293 g/mol. The summed E-state index contributed by atoms with van der Waals surface area (Å²) in [6, 6.07) is 6.60. The average Bonchev–Trinajstić information content (AvgIpc) is 3.04. The van der Waals surface area contributed by atoms with Gasteiger partial charge in [0.15, 0.2) is 12.4 Å². The molecule has 2 rings (SSSR count). The number of hydrogen-bond acceptors (Lipinski definition) is 5. The van der Waals surface area contributed by atoms with Gasteiger partial charge in [0.1, 0.15) is 5.75 Å². The molecule has 1 fully saturated rings. The third-order valence-corrected chi connectivity index (χ3v) is 3.18. The Hall–Kier alpha value is -2.28. The Morgan fingerprint density at radius 3 is 2.86 bits per heavy atom. The molecule has 0 saturated carbocycles. The molecule has 0 aliphatic carbocycles. The number of benzene rings is 1. The molecular weight excluding hydrogens is 274 g/mol. The van der Waals surface area contributed by atoms with Crippen LogP contribution in [0, 0.1) is 0 Å². The van der Waals surface area contributed by atoms with Gasteiger partial charge >= 0.3 is 0 Å². The van der Waals surface area contributed by atoms with E-state index >= 15 is 0 Å². The fraction of sp³-hybridized carbons (Fsp3) is 0.429. The summed E-state index contributed by atoms with van der Waals surface area (Å²) in [6.07, 6.45) is 2.15. The lowest BCUT2D eigenvalue weighted by atomic mass is 10.2. The lowest BCUT2D eigenvalue weighted by Crippen LogP contribution is -2.35. The van der Waals surface area contributed by atoms with Gasteiger partial charge in [0.25, 0.3) is 5.91 Å². The Kier molecular flexibility index (Phi) is 5.39. The lowest BCUT2D eigenvalue weighted by Gasteiger charge is -2.11. The molecule has 0 bridgehead atoms. The maximum absolute atomic E-state index is 11.6. The highest BCUT2D eigenvalue weighted by Gasteiger charge is 2.16. The van der Waals surface area contributed by atoms with Crippen LogP contribution in [0.2, 0.25) is 0 Å². The predicted molar refractivity (Wildman–Crippen MR) is 76.4 cm³/mol. The van der Waals surface area contributed by atoms with E-state index in [4.69, 9.17) is 20.4 Å². The first-order valence-electron chi connectivity index (χ1n) is 6.78. The highest BCUT2D eigenvalue weighted by atomic mass is 16.5. The molecule has 7 nitrogen and oxygen atoms in total. The standard InChI is InChI=1S/C14H19N3O4/c15-14(17-19)10-3-5-11(6-4-10)21-9-13(18)16-8-12-2-1-7-20-12/h3-6,12,19H,1-2,7-9H2,(H2,15,17)(H,16,18). The molecule has 114 valence electrons. The zero-order chi connectivity index (χ0) is 15.1. The first-order chi connectivity index (χ1) is 10.2. The van der Waals surface area contributed by atoms with E-state index in [1.54, 1.807) is 24.3 Å². The number of rotatable bonds is 6. The van der Waals surface area contributed by atoms with E-state index in [2.05, 4.69) is 10.5 Å². The Labute approximate surface area is 122 Å². The van der Waals surface area contributed by atoms with Crippen molar-refractivity contribution < 1.29 is 19.5 Å². The van der Waals surface area contributed by atoms with Gasteiger partial charge in [-0.25, -0.2) is 0 Å². The number of nitrogens with two attached hydrogens (primary N) is 1. The van der Waals surface area contributed by atoms with Gasteiger partial charge in [-0.3, -0.25) is 4.79 Å². The average molecular weight is 293 g/mol. The molecule has 4 N–H and O–H groups in total. The minimum atomic E-state index is -0.189. The molecule has 0 aromatic heterocycles. The van der Waals surface area contributed by atoms with Crippen LogP contribution in [0.4, 0.5) is 0 Å². The summed E-state index contributed by atoms with van der Waals surface area (Å²) in [7, 11) is 0. The molecule has 1 amide bonds. The molecule has 1 aliphatic heterocycles. The maximum atomic E-state index is 11.6. The van der Waals surface area contributed by atoms with Gasteiger partial charge in [0.05, 0.1) is 6.10 Å². The topological polar surface area (TPSA) is 106 Å². The SMILES string of the molecule is N/C(=N\O)c1ccc(OCC(=O)NCC2CCCO2)cc1. The highest BCUT2D eigenvalue weighted by Crippen LogP contribution is 2.12. The number of ether oxygens (including phenoxy) is 2. The quantitative estimate of drug-likeness (QED) is 0.306. The third-order valence-electron chi connectivity index (χ3n) is 3.18. The molecule has 1 saturated heterocycles. The van der Waals surface area contributed by atoms with E-state index in [0.29, 0.717) is 17.9 Å². The Bertz CT molecular complexity index is 495. The number of carbonyl (C=O) groups excluding carboxylic acids is 1. The van der Waals surface area contributed by atoms with Crippen molar-refractivity contribution in [1.82, 2.24) is 5.32 Å². The van der Waals surface area contributed by atoms with Crippen molar-refractivity contribution in [3.63, 3.8) is 0 Å². The molecule has 1 atom stereocenters. The van der Waals surface area contributed by atoms with Crippen molar-refractivity contribution in [2.24, 2.45) is 10.9 Å². The molecule has 21 heavy (non-hydrogen) atoms. The normalized spacial score (nSPS) is 18.5. The minimum Gasteiger partial charge on any atom is -0.484 e. The van der Waals surface area contributed by atoms with Crippen LogP contribution in [0.25, 0.3) is 0 Å². The van der Waals surface area contributed by atoms with Crippen LogP contribution >= 0.6 is 0 Å². The first kappa shape index (κ1) is 15.1. The van der Waals surface area contributed by atoms with E-state index in [1.807, 2.05) is 0 Å². The number of amides is 1. The summed E-state index contributed by atoms with van der Waals surface area (Å²) in [6.45, 7) is 1.23. The highest BCUT2D eigenvalue weighted by molar-refractivity contribution is 5.97. The van der Waals surface area contributed by atoms with Crippen molar-refractivity contribution in [2.75, 3.05) is 19.8 Å². The number of nitrogens with one attached hydrogen (secondary N) is 1. The summed E-state index contributed by atoms with van der Waals surface area (Å²) in [5, 5.41) is 14.2. The van der Waals surface area contributed by atoms with Crippen molar-refractivity contribution in [1.29, 1.82) is 0 Å². The number of oxime groups is 1. The van der Waals surface area contributed by atoms with E-state index < -0.39 is 0 Å². The number of hydrogen-bond donors (Lipinski definition) is 3. The van der Waals surface area contributed by atoms with Crippen LogP contribution in [-0.4, -0.2) is 42.8 Å². The molecule has 1 aliphatic rings. The predicted octanol–water partition coefficient (Wildman–Crippen LogP) is 0.455. The van der Waals surface area contributed by atoms with E-state index in [0.717, 1.165) is 19.4 Å². The molecule has 7 heteroatoms. The van der Waals surface area contributed by atoms with E-state index in [1.165, 1.54) is 0 Å². The van der Waals surface area contributed by atoms with E-state index in [-0.39, 0.29) is 24.5 Å². The van der Waals surface area contributed by atoms with Crippen LogP contribution in [0.1, 0.15) is 18.4 Å². The van der Waals surface area contributed by atoms with E-state index in [9.17, 15) is 4.79 Å². The second kappa shape index (κ2) is 7.49. The van der Waals surface area contributed by atoms with Crippen LogP contribution in [0.5, 0.6) is 5.75 Å². The molecule has 1 aromatic carbocycles. The van der Waals surface area contributed by atoms with Gasteiger partial charge in [-0.15, -0.1) is 0 Å². The summed E-state index contributed by atoms with van der Waals surface area (Å²) >= 11 is 0. The second-order valence-corrected chi connectivity index (χ2v) is 4.74. The van der Waals surface area contributed by atoms with Crippen molar-refractivity contribution in [3.8, 4) is 5.75 Å². The summed E-state index contributed by atoms with van der Waals surface area (Å²) in [5.41, 5.74) is 6.03. The van der Waals surface area contributed by atoms with Crippen LogP contribution in [0.15, 0.2) is 29.4 Å². The van der Waals surface area contributed by atoms with Crippen molar-refractivity contribution >= 4 is 11.7 Å². The molecule has 1 unspecified atom stereocenters. The van der Waals surface area contributed by atoms with Gasteiger partial charge < -0.3 is 25.7 Å². The number of nitrogens with zero attached hydrogens (tertiary/aromatic N) is 1. The Balaban J connectivity index is 1.73. The van der Waals surface area contributed by atoms with Crippen molar-refractivity contribution in [3.05, 3.63) is 29.8 Å². The molecule has 1 heterocycles. The molecule has 1 aromatic rings. The minimum absolute atomic E-state index is 0.0239. The van der Waals surface area contributed by atoms with Crippen LogP contribution in [0.3, 0.4) is 0 Å². The van der Waals surface area contributed by atoms with Gasteiger partial charge in [-0.05, 0) is 37.1 Å². The van der Waals surface area contributed by atoms with Gasteiger partial charge in [0.2, 0.25) is 0 Å². The zero-order valence-corrected chi connectivity index (χ0v) is 11.6. The Morgan fingerprint density at radius 1 is 1.48 bits per heavy atom. The summed E-state index contributed by atoms with van der Waals surface area (Å²) in [5.74, 6) is 0.374. The molecular formula is C14H19N3O4. The maximum Gasteiger partial charge on any atom is 0.258 e. The van der Waals surface area contributed by atoms with Crippen LogP contribution < -0.4 is 15.8 Å². The number of carbonyl (C=O) groups is 1. The van der Waals surface area contributed by atoms with Gasteiger partial charge in [-0.2, -0.15) is 0 Å². The zero-order valence-electron chi connectivity index (χ0n) is 11.6. The fourth-order valence-electron chi connectivity index (χ4n) is 2.01. The largest absolute Gasteiger partial charge is 0.484 e. The van der Waals surface area contributed by atoms with Gasteiger partial charge in [0, 0.05) is 18.7 Å². The Morgan fingerprint density at radius 2 is 2.24 bits per heavy atom. The molecule has 0 spiro atoms. The lowest BCUT2D eigenvalue weighted by molar-refractivity contribution is -0.123. The molecule has 0 radical (unpaired) electrons. The third kappa shape index (κ3) is 4.64. The smallest absolute Gasteiger partial charge is 0.258 e. The van der Waals surface area contributed by atoms with Gasteiger partial charge in [-0.1, -0.05) is 5.16 Å². The van der Waals surface area contributed by atoms with Crippen LogP contribution in [-0.2, 0) is 9.53 Å². The fourth-order valence-corrected chi connectivity index (χ4v) is 2.01. The van der Waals surface area contributed by atoms with Crippen molar-refractivity contribution in [2.45, 2.75) is 18.9 Å². The number of amidine groups is 1. The first-order valence-corrected chi connectivity index (χ1v) is 6.78.